The van der Waals surface area contributed by atoms with Crippen molar-refractivity contribution in [2.24, 2.45) is 0 Å². The maximum atomic E-state index is 9.62. The Kier molecular flexibility index (Phi) is 4.59. The van der Waals surface area contributed by atoms with Gasteiger partial charge < -0.3 is 10.1 Å². The van der Waals surface area contributed by atoms with Gasteiger partial charge in [-0.2, -0.15) is 5.26 Å². The van der Waals surface area contributed by atoms with Gasteiger partial charge in [0.15, 0.2) is 5.69 Å². The van der Waals surface area contributed by atoms with Crippen molar-refractivity contribution in [3.8, 4) is 6.07 Å². The number of pyridine rings is 1. The fourth-order valence-corrected chi connectivity index (χ4v) is 3.82. The lowest BCUT2D eigenvalue weighted by Gasteiger charge is -2.35. The molecular formula is C19H27N3O. The van der Waals surface area contributed by atoms with Gasteiger partial charge in [-0.1, -0.05) is 26.2 Å². The van der Waals surface area contributed by atoms with Crippen LogP contribution in [0.25, 0.3) is 0 Å². The van der Waals surface area contributed by atoms with Crippen molar-refractivity contribution in [2.75, 3.05) is 5.32 Å². The van der Waals surface area contributed by atoms with Crippen LogP contribution in [-0.2, 0) is 24.2 Å². The van der Waals surface area contributed by atoms with E-state index in [9.17, 15) is 5.26 Å². The van der Waals surface area contributed by atoms with E-state index in [0.717, 1.165) is 24.2 Å². The first-order valence-corrected chi connectivity index (χ1v) is 8.89. The molecule has 23 heavy (non-hydrogen) atoms. The molecule has 1 N–H and O–H groups in total. The third-order valence-electron chi connectivity index (χ3n) is 5.10. The summed E-state index contributed by atoms with van der Waals surface area (Å²) in [5.41, 5.74) is 4.82. The predicted molar refractivity (Wildman–Crippen MR) is 91.4 cm³/mol. The summed E-state index contributed by atoms with van der Waals surface area (Å²) in [6, 6.07) is 2.80. The molecule has 0 aromatic carbocycles. The van der Waals surface area contributed by atoms with Crippen molar-refractivity contribution < 1.29 is 4.74 Å². The molecule has 1 aromatic heterocycles. The van der Waals surface area contributed by atoms with Crippen molar-refractivity contribution in [1.82, 2.24) is 4.98 Å². The zero-order valence-corrected chi connectivity index (χ0v) is 14.5. The molecule has 0 radical (unpaired) electrons. The highest BCUT2D eigenvalue weighted by atomic mass is 16.5. The van der Waals surface area contributed by atoms with Crippen LogP contribution in [0, 0.1) is 11.3 Å². The second kappa shape index (κ2) is 6.49. The summed E-state index contributed by atoms with van der Waals surface area (Å²) >= 11 is 0. The van der Waals surface area contributed by atoms with Gasteiger partial charge in [0.25, 0.3) is 0 Å². The maximum Gasteiger partial charge on any atom is 0.164 e. The van der Waals surface area contributed by atoms with Gasteiger partial charge in [-0.3, -0.25) is 0 Å². The van der Waals surface area contributed by atoms with E-state index in [1.165, 1.54) is 43.2 Å². The van der Waals surface area contributed by atoms with Crippen LogP contribution in [0.15, 0.2) is 0 Å². The molecule has 1 aromatic rings. The second-order valence-corrected chi connectivity index (χ2v) is 7.41. The smallest absolute Gasteiger partial charge is 0.164 e. The van der Waals surface area contributed by atoms with Gasteiger partial charge in [0.2, 0.25) is 0 Å². The van der Waals surface area contributed by atoms with E-state index in [1.807, 2.05) is 0 Å². The number of nitrogens with zero attached hydrogens (tertiary/aromatic N) is 2. The van der Waals surface area contributed by atoms with E-state index >= 15 is 0 Å². The van der Waals surface area contributed by atoms with Crippen molar-refractivity contribution >= 4 is 5.69 Å². The Morgan fingerprint density at radius 3 is 2.65 bits per heavy atom. The van der Waals surface area contributed by atoms with E-state index < -0.39 is 0 Å². The molecule has 0 atom stereocenters. The molecule has 1 aliphatic heterocycles. The number of nitrogens with one attached hydrogen (secondary N) is 1. The minimum Gasteiger partial charge on any atom is -0.380 e. The summed E-state index contributed by atoms with van der Waals surface area (Å²) in [6.07, 6.45) is 7.93. The van der Waals surface area contributed by atoms with Crippen LogP contribution in [0.5, 0.6) is 0 Å². The Morgan fingerprint density at radius 1 is 1.26 bits per heavy atom. The molecule has 2 heterocycles. The van der Waals surface area contributed by atoms with Gasteiger partial charge in [-0.25, -0.2) is 4.98 Å². The minimum atomic E-state index is -0.185. The molecular weight excluding hydrogens is 286 g/mol. The lowest BCUT2D eigenvalue weighted by atomic mass is 9.88. The number of ether oxygens (including phenoxy) is 1. The topological polar surface area (TPSA) is 57.9 Å². The number of fused-ring (bicyclic) bond motifs is 1. The zero-order valence-electron chi connectivity index (χ0n) is 14.5. The number of rotatable bonds is 3. The number of aromatic nitrogens is 1. The molecule has 0 saturated heterocycles. The first-order chi connectivity index (χ1) is 11.0. The van der Waals surface area contributed by atoms with Crippen LogP contribution < -0.4 is 5.32 Å². The number of hydrogen-bond acceptors (Lipinski definition) is 4. The molecule has 1 aliphatic carbocycles. The average Bonchev–Trinajstić information content (AvgIpc) is 2.55. The molecule has 0 spiro atoms. The fraction of sp³-hybridized carbons (Fsp3) is 0.684. The predicted octanol–water partition coefficient (Wildman–Crippen LogP) is 4.11. The van der Waals surface area contributed by atoms with E-state index in [4.69, 9.17) is 4.74 Å². The van der Waals surface area contributed by atoms with E-state index in [0.29, 0.717) is 18.3 Å². The SMILES string of the molecule is CCc1nc(C#N)c(NC2CCCCC2)c2c1COC(C)(C)C2. The average molecular weight is 313 g/mol. The first-order valence-electron chi connectivity index (χ1n) is 8.89. The molecule has 4 nitrogen and oxygen atoms in total. The van der Waals surface area contributed by atoms with Crippen molar-refractivity contribution in [1.29, 1.82) is 5.26 Å². The third kappa shape index (κ3) is 3.35. The number of aryl methyl sites for hydroxylation is 1. The summed E-state index contributed by atoms with van der Waals surface area (Å²) in [4.78, 5) is 4.63. The van der Waals surface area contributed by atoms with Crippen LogP contribution in [0.4, 0.5) is 5.69 Å². The normalized spacial score (nSPS) is 20.6. The fourth-order valence-electron chi connectivity index (χ4n) is 3.82. The number of nitriles is 1. The van der Waals surface area contributed by atoms with Crippen molar-refractivity contribution in [3.05, 3.63) is 22.5 Å². The van der Waals surface area contributed by atoms with E-state index in [1.54, 1.807) is 0 Å². The van der Waals surface area contributed by atoms with Crippen LogP contribution in [0.3, 0.4) is 0 Å². The number of anilines is 1. The Morgan fingerprint density at radius 2 is 2.00 bits per heavy atom. The quantitative estimate of drug-likeness (QED) is 0.912. The van der Waals surface area contributed by atoms with Gasteiger partial charge in [0, 0.05) is 23.7 Å². The Balaban J connectivity index is 2.03. The molecule has 0 bridgehead atoms. The minimum absolute atomic E-state index is 0.185. The molecule has 3 rings (SSSR count). The standard InChI is InChI=1S/C19H27N3O/c1-4-16-15-12-23-19(2,3)10-14(15)18(17(11-20)22-16)21-13-8-6-5-7-9-13/h13,21H,4-10,12H2,1-3H3. The third-order valence-corrected chi connectivity index (χ3v) is 5.10. The van der Waals surface area contributed by atoms with Gasteiger partial charge >= 0.3 is 0 Å². The van der Waals surface area contributed by atoms with Gasteiger partial charge in [-0.15, -0.1) is 0 Å². The van der Waals surface area contributed by atoms with Gasteiger partial charge in [-0.05, 0) is 38.7 Å². The Labute approximate surface area is 139 Å². The molecule has 1 fully saturated rings. The summed E-state index contributed by atoms with van der Waals surface area (Å²) in [5.74, 6) is 0. The highest BCUT2D eigenvalue weighted by Gasteiger charge is 2.32. The number of hydrogen-bond donors (Lipinski definition) is 1. The largest absolute Gasteiger partial charge is 0.380 e. The van der Waals surface area contributed by atoms with Gasteiger partial charge in [0.05, 0.1) is 17.9 Å². The maximum absolute atomic E-state index is 9.62. The van der Waals surface area contributed by atoms with Crippen LogP contribution >= 0.6 is 0 Å². The van der Waals surface area contributed by atoms with E-state index in [-0.39, 0.29) is 5.60 Å². The van der Waals surface area contributed by atoms with Crippen molar-refractivity contribution in [2.45, 2.75) is 84.0 Å². The Hall–Kier alpha value is -1.60. The second-order valence-electron chi connectivity index (χ2n) is 7.41. The molecule has 4 heteroatoms. The highest BCUT2D eigenvalue weighted by Crippen LogP contribution is 2.37. The monoisotopic (exact) mass is 313 g/mol. The van der Waals surface area contributed by atoms with Gasteiger partial charge in [0.1, 0.15) is 6.07 Å². The molecule has 2 aliphatic rings. The molecule has 0 unspecified atom stereocenters. The Bertz CT molecular complexity index is 624. The summed E-state index contributed by atoms with van der Waals surface area (Å²) in [7, 11) is 0. The lowest BCUT2D eigenvalue weighted by molar-refractivity contribution is -0.0404. The van der Waals surface area contributed by atoms with E-state index in [2.05, 4.69) is 37.1 Å². The highest BCUT2D eigenvalue weighted by molar-refractivity contribution is 5.64. The van der Waals surface area contributed by atoms with Crippen LogP contribution in [-0.4, -0.2) is 16.6 Å². The molecule has 0 amide bonds. The lowest BCUT2D eigenvalue weighted by Crippen LogP contribution is -2.34. The zero-order chi connectivity index (χ0) is 16.4. The molecule has 124 valence electrons. The summed E-state index contributed by atoms with van der Waals surface area (Å²) in [5, 5.41) is 13.3. The molecule has 1 saturated carbocycles. The van der Waals surface area contributed by atoms with Crippen LogP contribution in [0.1, 0.15) is 75.4 Å². The first kappa shape index (κ1) is 16.3. The van der Waals surface area contributed by atoms with Crippen molar-refractivity contribution in [3.63, 3.8) is 0 Å². The van der Waals surface area contributed by atoms with Crippen LogP contribution in [0.2, 0.25) is 0 Å². The summed E-state index contributed by atoms with van der Waals surface area (Å²) < 4.78 is 6.00. The summed E-state index contributed by atoms with van der Waals surface area (Å²) in [6.45, 7) is 6.94.